The van der Waals surface area contributed by atoms with Crippen molar-refractivity contribution in [1.29, 1.82) is 0 Å². The summed E-state index contributed by atoms with van der Waals surface area (Å²) in [5.74, 6) is 1.22. The molecule has 23 heavy (non-hydrogen) atoms. The molecule has 0 heterocycles. The molecule has 1 aromatic carbocycles. The summed E-state index contributed by atoms with van der Waals surface area (Å²) in [6.45, 7) is 4.32. The van der Waals surface area contributed by atoms with Gasteiger partial charge in [0.05, 0.1) is 14.9 Å². The van der Waals surface area contributed by atoms with Crippen LogP contribution in [-0.4, -0.2) is 14.9 Å². The van der Waals surface area contributed by atoms with E-state index in [0.717, 1.165) is 11.1 Å². The van der Waals surface area contributed by atoms with E-state index in [1.165, 1.54) is 70.0 Å². The third-order valence-electron chi connectivity index (χ3n) is 5.96. The lowest BCUT2D eigenvalue weighted by molar-refractivity contribution is 0.244. The Bertz CT molecular complexity index is 454. The molecule has 0 radical (unpaired) electrons. The topological polar surface area (TPSA) is 9.23 Å². The Balaban J connectivity index is 1.90. The van der Waals surface area contributed by atoms with Crippen molar-refractivity contribution in [2.45, 2.75) is 95.2 Å². The first-order valence-corrected chi connectivity index (χ1v) is 11.9. The number of hydrogen-bond acceptors (Lipinski definition) is 1. The molecule has 2 fully saturated rings. The highest BCUT2D eigenvalue weighted by Gasteiger charge is 2.35. The van der Waals surface area contributed by atoms with Crippen LogP contribution < -0.4 is 9.92 Å². The highest BCUT2D eigenvalue weighted by Crippen LogP contribution is 2.42. The zero-order valence-corrected chi connectivity index (χ0v) is 16.3. The van der Waals surface area contributed by atoms with Crippen LogP contribution in [0.4, 0.5) is 0 Å². The van der Waals surface area contributed by atoms with Gasteiger partial charge in [0.2, 0.25) is 0 Å². The van der Waals surface area contributed by atoms with Gasteiger partial charge in [0.25, 0.3) is 0 Å². The lowest BCUT2D eigenvalue weighted by atomic mass is 9.99. The predicted molar refractivity (Wildman–Crippen MR) is 103 cm³/mol. The number of rotatable bonds is 5. The van der Waals surface area contributed by atoms with E-state index in [0.29, 0.717) is 0 Å². The maximum Gasteiger partial charge on any atom is 0.118 e. The van der Waals surface area contributed by atoms with Crippen molar-refractivity contribution in [3.05, 3.63) is 24.3 Å². The molecule has 0 aliphatic heterocycles. The average Bonchev–Trinajstić information content (AvgIpc) is 2.58. The Morgan fingerprint density at radius 1 is 0.826 bits per heavy atom. The molecule has 0 N–H and O–H groups in total. The van der Waals surface area contributed by atoms with Gasteiger partial charge in [0.15, 0.2) is 0 Å². The molecule has 1 aromatic rings. The minimum Gasteiger partial charge on any atom is -0.491 e. The SMILES string of the molecule is CC(C)Oc1ccccc1[SiH](C1CCCCC1)C1CCCCC1. The van der Waals surface area contributed by atoms with E-state index >= 15 is 0 Å². The minimum absolute atomic E-state index is 0.281. The van der Waals surface area contributed by atoms with Crippen molar-refractivity contribution in [2.75, 3.05) is 0 Å². The van der Waals surface area contributed by atoms with Crippen molar-refractivity contribution >= 4 is 14.0 Å². The monoisotopic (exact) mass is 330 g/mol. The molecule has 0 unspecified atom stereocenters. The van der Waals surface area contributed by atoms with Gasteiger partial charge in [-0.15, -0.1) is 0 Å². The molecule has 128 valence electrons. The van der Waals surface area contributed by atoms with E-state index in [9.17, 15) is 0 Å². The van der Waals surface area contributed by atoms with Gasteiger partial charge in [-0.05, 0) is 36.2 Å². The zero-order valence-electron chi connectivity index (χ0n) is 15.1. The van der Waals surface area contributed by atoms with Gasteiger partial charge in [-0.2, -0.15) is 0 Å². The molecule has 1 nitrogen and oxygen atoms in total. The average molecular weight is 331 g/mol. The third kappa shape index (κ3) is 4.41. The molecule has 0 spiro atoms. The lowest BCUT2D eigenvalue weighted by Crippen LogP contribution is -2.42. The standard InChI is InChI=1S/C21H34OSi/c1-17(2)22-20-15-9-10-16-21(20)23(18-11-5-3-6-12-18)19-13-7-4-8-14-19/h9-10,15-19,23H,3-8,11-14H2,1-2H3. The van der Waals surface area contributed by atoms with Crippen molar-refractivity contribution in [3.63, 3.8) is 0 Å². The van der Waals surface area contributed by atoms with Gasteiger partial charge in [-0.3, -0.25) is 0 Å². The zero-order chi connectivity index (χ0) is 16.1. The molecular weight excluding hydrogens is 296 g/mol. The molecule has 2 heteroatoms. The first-order valence-electron chi connectivity index (χ1n) is 10.0. The molecule has 0 amide bonds. The van der Waals surface area contributed by atoms with Crippen LogP contribution in [0.25, 0.3) is 0 Å². The number of ether oxygens (including phenoxy) is 1. The van der Waals surface area contributed by atoms with Gasteiger partial charge in [-0.1, -0.05) is 82.4 Å². The second kappa shape index (κ2) is 8.37. The molecule has 0 atom stereocenters. The maximum absolute atomic E-state index is 6.24. The predicted octanol–water partition coefficient (Wildman–Crippen LogP) is 5.58. The van der Waals surface area contributed by atoms with Crippen LogP contribution >= 0.6 is 0 Å². The summed E-state index contributed by atoms with van der Waals surface area (Å²) in [6, 6.07) is 9.08. The molecule has 0 bridgehead atoms. The lowest BCUT2D eigenvalue weighted by Gasteiger charge is -2.38. The first-order chi connectivity index (χ1) is 11.3. The van der Waals surface area contributed by atoms with Crippen LogP contribution in [0.1, 0.15) is 78.1 Å². The van der Waals surface area contributed by atoms with Gasteiger partial charge in [0, 0.05) is 0 Å². The van der Waals surface area contributed by atoms with Crippen LogP contribution in [0, 0.1) is 0 Å². The molecule has 0 aromatic heterocycles. The van der Waals surface area contributed by atoms with Crippen LogP contribution in [0.3, 0.4) is 0 Å². The Hall–Kier alpha value is -0.763. The fourth-order valence-electron chi connectivity index (χ4n) is 5.00. The summed E-state index contributed by atoms with van der Waals surface area (Å²) in [5, 5.41) is 1.65. The van der Waals surface area contributed by atoms with Crippen molar-refractivity contribution in [3.8, 4) is 5.75 Å². The second-order valence-corrected chi connectivity index (χ2v) is 11.6. The summed E-state index contributed by atoms with van der Waals surface area (Å²) in [5.41, 5.74) is 2.03. The molecule has 0 saturated heterocycles. The smallest absolute Gasteiger partial charge is 0.118 e. The Kier molecular flexibility index (Phi) is 6.21. The van der Waals surface area contributed by atoms with Crippen molar-refractivity contribution in [2.24, 2.45) is 0 Å². The highest BCUT2D eigenvalue weighted by molar-refractivity contribution is 6.76. The van der Waals surface area contributed by atoms with Gasteiger partial charge < -0.3 is 4.74 Å². The largest absolute Gasteiger partial charge is 0.491 e. The summed E-state index contributed by atoms with van der Waals surface area (Å²) < 4.78 is 6.24. The molecular formula is C21H34OSi. The third-order valence-corrected chi connectivity index (χ3v) is 10.5. The Morgan fingerprint density at radius 2 is 1.35 bits per heavy atom. The van der Waals surface area contributed by atoms with Crippen molar-refractivity contribution < 1.29 is 4.74 Å². The second-order valence-electron chi connectivity index (χ2n) is 8.03. The maximum atomic E-state index is 6.24. The highest BCUT2D eigenvalue weighted by atomic mass is 28.3. The number of para-hydroxylation sites is 1. The molecule has 2 aliphatic rings. The van der Waals surface area contributed by atoms with Crippen LogP contribution in [0.5, 0.6) is 5.75 Å². The van der Waals surface area contributed by atoms with Crippen LogP contribution in [-0.2, 0) is 0 Å². The van der Waals surface area contributed by atoms with Crippen LogP contribution in [0.2, 0.25) is 11.1 Å². The quantitative estimate of drug-likeness (QED) is 0.641. The van der Waals surface area contributed by atoms with Gasteiger partial charge in [-0.25, -0.2) is 0 Å². The minimum atomic E-state index is -0.978. The van der Waals surface area contributed by atoms with E-state index in [-0.39, 0.29) is 6.10 Å². The van der Waals surface area contributed by atoms with E-state index in [1.807, 2.05) is 0 Å². The molecule has 3 rings (SSSR count). The Morgan fingerprint density at radius 3 is 1.87 bits per heavy atom. The molecule has 2 aliphatic carbocycles. The molecule has 2 saturated carbocycles. The normalized spacial score (nSPS) is 21.0. The summed E-state index contributed by atoms with van der Waals surface area (Å²) in [4.78, 5) is 0. The number of benzene rings is 1. The van der Waals surface area contributed by atoms with Gasteiger partial charge >= 0.3 is 0 Å². The van der Waals surface area contributed by atoms with Crippen molar-refractivity contribution in [1.82, 2.24) is 0 Å². The number of hydrogen-bond donors (Lipinski definition) is 0. The fraction of sp³-hybridized carbons (Fsp3) is 0.714. The van der Waals surface area contributed by atoms with Gasteiger partial charge in [0.1, 0.15) is 5.75 Å². The summed E-state index contributed by atoms with van der Waals surface area (Å²) >= 11 is 0. The summed E-state index contributed by atoms with van der Waals surface area (Å²) in [6.07, 6.45) is 15.0. The van der Waals surface area contributed by atoms with E-state index in [1.54, 1.807) is 5.19 Å². The fourth-order valence-corrected chi connectivity index (χ4v) is 9.99. The summed E-state index contributed by atoms with van der Waals surface area (Å²) in [7, 11) is -0.978. The Labute approximate surface area is 144 Å². The van der Waals surface area contributed by atoms with E-state index in [2.05, 4.69) is 38.1 Å². The van der Waals surface area contributed by atoms with E-state index < -0.39 is 8.80 Å². The van der Waals surface area contributed by atoms with E-state index in [4.69, 9.17) is 4.74 Å². The van der Waals surface area contributed by atoms with Crippen LogP contribution in [0.15, 0.2) is 24.3 Å². The first kappa shape index (κ1) is 17.1.